The Labute approximate surface area is 302 Å². The van der Waals surface area contributed by atoms with E-state index >= 15 is 0 Å². The van der Waals surface area contributed by atoms with Crippen molar-refractivity contribution in [3.8, 4) is 17.2 Å². The minimum Gasteiger partial charge on any atom is -0.508 e. The number of phenols is 1. The van der Waals surface area contributed by atoms with Crippen LogP contribution >= 0.6 is 11.8 Å². The zero-order valence-electron chi connectivity index (χ0n) is 28.1. The summed E-state index contributed by atoms with van der Waals surface area (Å²) in [6.45, 7) is 2.10. The average molecular weight is 695 g/mol. The molecule has 0 spiro atoms. The molecule has 1 heterocycles. The number of carbonyl (C=O) groups is 2. The van der Waals surface area contributed by atoms with E-state index in [2.05, 4.69) is 37.3 Å². The fraction of sp³-hybridized carbons (Fsp3) is 0.136. The number of allylic oxidation sites excluding steroid dienone is 10. The van der Waals surface area contributed by atoms with Crippen molar-refractivity contribution in [3.05, 3.63) is 195 Å². The highest BCUT2D eigenvalue weighted by Crippen LogP contribution is 2.45. The molecule has 1 aliphatic heterocycles. The summed E-state index contributed by atoms with van der Waals surface area (Å²) in [7, 11) is 0. The zero-order valence-corrected chi connectivity index (χ0v) is 29.0. The van der Waals surface area contributed by atoms with Crippen LogP contribution in [0.15, 0.2) is 173 Å². The maximum Gasteiger partial charge on any atom is 0.315 e. The predicted molar refractivity (Wildman–Crippen MR) is 203 cm³/mol. The maximum atomic E-state index is 13.0. The molecule has 2 N–H and O–H groups in total. The summed E-state index contributed by atoms with van der Waals surface area (Å²) >= 11 is 1.76. The van der Waals surface area contributed by atoms with Crippen LogP contribution in [0.2, 0.25) is 0 Å². The molecule has 0 saturated carbocycles. The Hall–Kier alpha value is -5.79. The van der Waals surface area contributed by atoms with E-state index in [0.717, 1.165) is 40.4 Å². The van der Waals surface area contributed by atoms with Gasteiger partial charge in [0, 0.05) is 27.5 Å². The second kappa shape index (κ2) is 16.7. The van der Waals surface area contributed by atoms with Gasteiger partial charge in [-0.2, -0.15) is 0 Å². The number of ether oxygens (including phenoxy) is 2. The molecule has 0 aromatic heterocycles. The number of hydrogen-bond acceptors (Lipinski definition) is 6. The first-order valence-corrected chi connectivity index (χ1v) is 17.6. The first-order chi connectivity index (χ1) is 24.9. The molecule has 4 aromatic carbocycles. The normalized spacial score (nSPS) is 15.4. The molecule has 7 heteroatoms. The summed E-state index contributed by atoms with van der Waals surface area (Å²) in [5.74, 6) is 0.0350. The Bertz CT molecular complexity index is 2040. The van der Waals surface area contributed by atoms with Crippen LogP contribution in [0.4, 0.5) is 0 Å². The highest BCUT2D eigenvalue weighted by atomic mass is 32.2. The summed E-state index contributed by atoms with van der Waals surface area (Å²) in [5.41, 5.74) is 4.34. The van der Waals surface area contributed by atoms with E-state index in [-0.39, 0.29) is 24.1 Å². The number of fused-ring (bicyclic) bond motifs is 2. The number of rotatable bonds is 8. The number of carboxylic acids is 1. The monoisotopic (exact) mass is 694 g/mol. The van der Waals surface area contributed by atoms with Crippen molar-refractivity contribution in [2.45, 2.75) is 38.0 Å². The van der Waals surface area contributed by atoms with E-state index in [9.17, 15) is 19.8 Å². The van der Waals surface area contributed by atoms with Crippen molar-refractivity contribution >= 4 is 23.7 Å². The number of thioether (sulfide) groups is 1. The lowest BCUT2D eigenvalue weighted by molar-refractivity contribution is -0.139. The molecule has 4 aromatic rings. The van der Waals surface area contributed by atoms with Gasteiger partial charge in [0.05, 0.1) is 6.42 Å². The molecule has 0 amide bonds. The van der Waals surface area contributed by atoms with Crippen LogP contribution in [-0.4, -0.2) is 22.2 Å². The second-order valence-electron chi connectivity index (χ2n) is 12.2. The summed E-state index contributed by atoms with van der Waals surface area (Å²) < 4.78 is 11.8. The molecule has 1 atom stereocenters. The first kappa shape index (κ1) is 35.1. The summed E-state index contributed by atoms with van der Waals surface area (Å²) in [6.07, 6.45) is 18.6. The number of para-hydroxylation sites is 3. The van der Waals surface area contributed by atoms with Crippen molar-refractivity contribution in [1.82, 2.24) is 0 Å². The van der Waals surface area contributed by atoms with Crippen LogP contribution in [0.5, 0.6) is 17.2 Å². The fourth-order valence-electron chi connectivity index (χ4n) is 6.08. The number of benzene rings is 4. The van der Waals surface area contributed by atoms with E-state index in [1.165, 1.54) is 16.5 Å². The van der Waals surface area contributed by atoms with Gasteiger partial charge in [0.15, 0.2) is 0 Å². The third-order valence-electron chi connectivity index (χ3n) is 8.57. The van der Waals surface area contributed by atoms with E-state index in [0.29, 0.717) is 16.9 Å². The van der Waals surface area contributed by atoms with Crippen LogP contribution in [-0.2, 0) is 14.3 Å². The second-order valence-corrected chi connectivity index (χ2v) is 13.4. The van der Waals surface area contributed by atoms with E-state index in [1.54, 1.807) is 54.2 Å². The third kappa shape index (κ3) is 9.07. The Morgan fingerprint density at radius 3 is 2.20 bits per heavy atom. The van der Waals surface area contributed by atoms with Gasteiger partial charge in [-0.3, -0.25) is 9.59 Å². The van der Waals surface area contributed by atoms with Gasteiger partial charge in [-0.25, -0.2) is 0 Å². The van der Waals surface area contributed by atoms with Crippen LogP contribution < -0.4 is 4.74 Å². The van der Waals surface area contributed by atoms with Crippen molar-refractivity contribution in [2.24, 2.45) is 0 Å². The molecule has 3 aliphatic rings. The van der Waals surface area contributed by atoms with Crippen LogP contribution in [0.25, 0.3) is 0 Å². The molecule has 0 radical (unpaired) electrons. The van der Waals surface area contributed by atoms with E-state index in [1.807, 2.05) is 72.8 Å². The van der Waals surface area contributed by atoms with Gasteiger partial charge < -0.3 is 19.7 Å². The highest BCUT2D eigenvalue weighted by molar-refractivity contribution is 8.06. The molecule has 0 bridgehead atoms. The first-order valence-electron chi connectivity index (χ1n) is 16.8. The summed E-state index contributed by atoms with van der Waals surface area (Å²) in [5, 5.41) is 19.0. The Kier molecular flexibility index (Phi) is 11.5. The SMILES string of the molecule is CC1=CC=C(SC2=CCC=C(OC(=O)CC3c4ccccc4Oc4ccccc43)C=C2)CC=C1.O=C(O)C(c1ccccc1)c1ccccc1O. The Morgan fingerprint density at radius 2 is 1.49 bits per heavy atom. The van der Waals surface area contributed by atoms with Crippen LogP contribution in [0.1, 0.15) is 60.3 Å². The fourth-order valence-corrected chi connectivity index (χ4v) is 7.01. The largest absolute Gasteiger partial charge is 0.508 e. The standard InChI is InChI=1S/C30H26O3S.C14H12O3/c1-21-8-6-10-23(18-16-21)34-24-11-7-9-22(17-19-24)32-30(31)20-27-25-12-2-4-14-28(25)33-29-15-5-3-13-26(27)29;15-12-9-5-4-8-11(12)13(14(16)17)10-6-2-1-3-7-10/h2-6,8-9,11-19,27H,7,10,20H2,1H3;1-9,13,15H,(H,16,17). The lowest BCUT2D eigenvalue weighted by Crippen LogP contribution is -2.15. The molecule has 6 nitrogen and oxygen atoms in total. The van der Waals surface area contributed by atoms with Crippen molar-refractivity contribution in [2.75, 3.05) is 0 Å². The minimum absolute atomic E-state index is 0.00348. The van der Waals surface area contributed by atoms with E-state index < -0.39 is 11.9 Å². The molecular weight excluding hydrogens is 657 g/mol. The van der Waals surface area contributed by atoms with E-state index in [4.69, 9.17) is 9.47 Å². The van der Waals surface area contributed by atoms with Gasteiger partial charge in [-0.15, -0.1) is 0 Å². The van der Waals surface area contributed by atoms with Gasteiger partial charge in [-0.1, -0.05) is 133 Å². The van der Waals surface area contributed by atoms with Gasteiger partial charge in [0.1, 0.15) is 28.9 Å². The van der Waals surface area contributed by atoms with Crippen molar-refractivity contribution < 1.29 is 29.3 Å². The summed E-state index contributed by atoms with van der Waals surface area (Å²) in [6, 6.07) is 31.2. The molecule has 0 fully saturated rings. The quantitative estimate of drug-likeness (QED) is 0.177. The molecule has 256 valence electrons. The Morgan fingerprint density at radius 1 is 0.824 bits per heavy atom. The number of carbonyl (C=O) groups excluding carboxylic acids is 1. The van der Waals surface area contributed by atoms with Crippen molar-refractivity contribution in [1.29, 1.82) is 0 Å². The van der Waals surface area contributed by atoms with Crippen LogP contribution in [0, 0.1) is 0 Å². The van der Waals surface area contributed by atoms with Crippen molar-refractivity contribution in [3.63, 3.8) is 0 Å². The van der Waals surface area contributed by atoms with Gasteiger partial charge in [0.2, 0.25) is 0 Å². The lowest BCUT2D eigenvalue weighted by Gasteiger charge is -2.27. The third-order valence-corrected chi connectivity index (χ3v) is 9.67. The zero-order chi connectivity index (χ0) is 35.6. The number of esters is 1. The molecule has 0 saturated heterocycles. The predicted octanol–water partition coefficient (Wildman–Crippen LogP) is 10.7. The van der Waals surface area contributed by atoms with Gasteiger partial charge in [-0.05, 0) is 66.7 Å². The van der Waals surface area contributed by atoms with Crippen LogP contribution in [0.3, 0.4) is 0 Å². The van der Waals surface area contributed by atoms with Gasteiger partial charge in [0.25, 0.3) is 0 Å². The smallest absolute Gasteiger partial charge is 0.315 e. The number of carboxylic acid groups (broad SMARTS) is 1. The highest BCUT2D eigenvalue weighted by Gasteiger charge is 2.29. The number of aliphatic carboxylic acids is 1. The molecule has 51 heavy (non-hydrogen) atoms. The van der Waals surface area contributed by atoms with Gasteiger partial charge >= 0.3 is 11.9 Å². The maximum absolute atomic E-state index is 13.0. The molecule has 7 rings (SSSR count). The Balaban J connectivity index is 0.000000221. The average Bonchev–Trinajstić information content (AvgIpc) is 3.49. The number of hydrogen-bond donors (Lipinski definition) is 2. The number of aromatic hydroxyl groups is 1. The minimum atomic E-state index is -0.974. The lowest BCUT2D eigenvalue weighted by atomic mass is 9.85. The summed E-state index contributed by atoms with van der Waals surface area (Å²) in [4.78, 5) is 26.8. The molecule has 1 unspecified atom stereocenters. The molecule has 2 aliphatic carbocycles. The topological polar surface area (TPSA) is 93.1 Å². The number of phenolic OH excluding ortho intramolecular Hbond substituents is 1. The molecular formula is C44H38O6S.